The second-order valence-corrected chi connectivity index (χ2v) is 16.0. The van der Waals surface area contributed by atoms with Crippen molar-refractivity contribution in [3.8, 4) is 0 Å². The van der Waals surface area contributed by atoms with E-state index in [-0.39, 0.29) is 22.8 Å². The fourth-order valence-corrected chi connectivity index (χ4v) is 7.26. The third-order valence-corrected chi connectivity index (χ3v) is 10.5. The molecule has 4 aromatic rings. The number of ketones is 2. The molecule has 23 heteroatoms. The first-order chi connectivity index (χ1) is 26.8. The van der Waals surface area contributed by atoms with Gasteiger partial charge >= 0.3 is 0 Å². The lowest BCUT2D eigenvalue weighted by atomic mass is 9.92. The van der Waals surface area contributed by atoms with Crippen LogP contribution < -0.4 is 27.6 Å². The number of hydrogen-bond donors (Lipinski definition) is 8. The Hall–Kier alpha value is -6.89. The highest BCUT2D eigenvalue weighted by atomic mass is 32.2. The maximum Gasteiger partial charge on any atom is 0.296 e. The number of nitrogen functional groups attached to an aromatic ring is 1. The molecule has 4 aromatic carbocycles. The fourth-order valence-electron chi connectivity index (χ4n) is 5.26. The van der Waals surface area contributed by atoms with E-state index in [1.165, 1.54) is 54.6 Å². The number of fused-ring (bicyclic) bond motifs is 1. The highest BCUT2D eigenvalue weighted by Gasteiger charge is 2.37. The number of carbonyl (C=O) groups is 2. The molecule has 0 bridgehead atoms. The predicted octanol–water partition coefficient (Wildman–Crippen LogP) is 4.56. The molecule has 0 aromatic heterocycles. The number of allylic oxidation sites excluding steroid dienone is 4. The van der Waals surface area contributed by atoms with Gasteiger partial charge in [-0.1, -0.05) is 18.2 Å². The Labute approximate surface area is 323 Å². The summed E-state index contributed by atoms with van der Waals surface area (Å²) >= 11 is 0. The first kappa shape index (κ1) is 39.8. The van der Waals surface area contributed by atoms with Gasteiger partial charge < -0.3 is 16.8 Å². The van der Waals surface area contributed by atoms with Gasteiger partial charge in [-0.05, 0) is 84.5 Å². The standard InChI is InChI=1S/C34H27N9O11S3/c35-19-6-12-24(26(44)16-19)41-38-22-9-7-20(8-10-22)37-25-13-11-23(17-27(25)55(46,47)48)40-42-32-28(56(49,50)51)14-18-15-29(57(52,53)54)33(34(45)30(18)31(32)36)43-39-21-4-2-1-3-5-21/h1-17,37-39H,35-36H2,(H,46,47,48)(H,49,50,51)(H,52,53,54). The summed E-state index contributed by atoms with van der Waals surface area (Å²) in [6.07, 6.45) is 4.89. The number of anilines is 5. The number of hydrogen-bond acceptors (Lipinski definition) is 17. The van der Waals surface area contributed by atoms with E-state index in [0.29, 0.717) is 23.1 Å². The Morgan fingerprint density at radius 1 is 0.632 bits per heavy atom. The average molecular weight is 834 g/mol. The van der Waals surface area contributed by atoms with Crippen LogP contribution in [0.15, 0.2) is 138 Å². The Morgan fingerprint density at radius 3 is 1.89 bits per heavy atom. The van der Waals surface area contributed by atoms with Crippen LogP contribution in [0.1, 0.15) is 15.9 Å². The number of nitrogens with two attached hydrogens (primary N) is 2. The minimum absolute atomic E-state index is 0.112. The smallest absolute Gasteiger partial charge is 0.296 e. The molecule has 0 atom stereocenters. The van der Waals surface area contributed by atoms with Gasteiger partial charge in [0, 0.05) is 17.5 Å². The average Bonchev–Trinajstić information content (AvgIpc) is 3.13. The first-order valence-corrected chi connectivity index (χ1v) is 20.1. The van der Waals surface area contributed by atoms with Gasteiger partial charge in [-0.15, -0.1) is 5.11 Å². The van der Waals surface area contributed by atoms with Gasteiger partial charge in [0.15, 0.2) is 5.71 Å². The highest BCUT2D eigenvalue weighted by Crippen LogP contribution is 2.41. The number of carbonyl (C=O) groups excluding carboxylic acids is 2. The second-order valence-electron chi connectivity index (χ2n) is 11.8. The van der Waals surface area contributed by atoms with Gasteiger partial charge in [0.05, 0.1) is 34.0 Å². The van der Waals surface area contributed by atoms with Gasteiger partial charge in [0.25, 0.3) is 30.4 Å². The van der Waals surface area contributed by atoms with Crippen LogP contribution in [-0.4, -0.2) is 61.9 Å². The molecule has 0 heterocycles. The molecule has 0 unspecified atom stereocenters. The Kier molecular flexibility index (Phi) is 10.7. The van der Waals surface area contributed by atoms with Crippen molar-refractivity contribution in [3.63, 3.8) is 0 Å². The Morgan fingerprint density at radius 2 is 1.26 bits per heavy atom. The molecule has 2 aliphatic carbocycles. The molecule has 0 spiro atoms. The van der Waals surface area contributed by atoms with E-state index in [2.05, 4.69) is 36.6 Å². The van der Waals surface area contributed by atoms with Crippen LogP contribution >= 0.6 is 0 Å². The lowest BCUT2D eigenvalue weighted by Gasteiger charge is -2.20. The van der Waals surface area contributed by atoms with E-state index in [1.54, 1.807) is 30.3 Å². The van der Waals surface area contributed by atoms with Crippen LogP contribution in [-0.2, 0) is 35.1 Å². The van der Waals surface area contributed by atoms with Gasteiger partial charge in [0.1, 0.15) is 26.1 Å². The van der Waals surface area contributed by atoms with Crippen LogP contribution in [0.25, 0.3) is 6.08 Å². The first-order valence-electron chi connectivity index (χ1n) is 15.8. The Balaban J connectivity index is 1.33. The number of para-hydroxylation sites is 1. The quantitative estimate of drug-likeness (QED) is 0.0337. The number of Topliss-reactive ketones (excluding diaryl/α,β-unsaturated/α-hetero) is 1. The van der Waals surface area contributed by atoms with Crippen LogP contribution in [0, 0.1) is 0 Å². The minimum Gasteiger partial charge on any atom is -0.399 e. The minimum atomic E-state index is -5.22. The van der Waals surface area contributed by atoms with E-state index in [4.69, 9.17) is 11.5 Å². The number of azo groups is 1. The molecule has 57 heavy (non-hydrogen) atoms. The molecule has 0 saturated carbocycles. The number of nitrogens with one attached hydrogen (secondary N) is 3. The zero-order valence-corrected chi connectivity index (χ0v) is 31.0. The van der Waals surface area contributed by atoms with Gasteiger partial charge in [-0.2, -0.15) is 40.6 Å². The van der Waals surface area contributed by atoms with Crippen LogP contribution in [0.4, 0.5) is 39.8 Å². The van der Waals surface area contributed by atoms with Crippen molar-refractivity contribution in [2.24, 2.45) is 26.2 Å². The van der Waals surface area contributed by atoms with Crippen molar-refractivity contribution in [2.45, 2.75) is 9.79 Å². The lowest BCUT2D eigenvalue weighted by Crippen LogP contribution is -2.28. The molecule has 292 valence electrons. The topological polar surface area (TPSA) is 335 Å². The highest BCUT2D eigenvalue weighted by molar-refractivity contribution is 7.91. The van der Waals surface area contributed by atoms with Crippen molar-refractivity contribution in [3.05, 3.63) is 119 Å². The maximum atomic E-state index is 13.7. The predicted molar refractivity (Wildman–Crippen MR) is 210 cm³/mol. The molecule has 6 rings (SSSR count). The van der Waals surface area contributed by atoms with E-state index in [0.717, 1.165) is 12.1 Å². The molecular formula is C34H27N9O11S3. The van der Waals surface area contributed by atoms with Crippen molar-refractivity contribution in [1.29, 1.82) is 0 Å². The largest absolute Gasteiger partial charge is 0.399 e. The summed E-state index contributed by atoms with van der Waals surface area (Å²) in [7, 11) is -15.3. The van der Waals surface area contributed by atoms with E-state index < -0.39 is 84.8 Å². The molecule has 0 fully saturated rings. The normalized spacial score (nSPS) is 16.1. The lowest BCUT2D eigenvalue weighted by molar-refractivity contribution is -0.108. The second kappa shape index (κ2) is 15.3. The van der Waals surface area contributed by atoms with Gasteiger partial charge in [-0.25, -0.2) is 0 Å². The summed E-state index contributed by atoms with van der Waals surface area (Å²) < 4.78 is 104. The van der Waals surface area contributed by atoms with Crippen molar-refractivity contribution >= 4 is 99.2 Å². The summed E-state index contributed by atoms with van der Waals surface area (Å²) in [4.78, 5) is 23.0. The molecule has 0 radical (unpaired) electrons. The van der Waals surface area contributed by atoms with E-state index >= 15 is 0 Å². The molecule has 0 aliphatic heterocycles. The number of hydrazone groups is 2. The summed E-state index contributed by atoms with van der Waals surface area (Å²) in [5.41, 5.74) is 14.8. The van der Waals surface area contributed by atoms with Crippen molar-refractivity contribution < 1.29 is 48.5 Å². The van der Waals surface area contributed by atoms with Crippen LogP contribution in [0.5, 0.6) is 0 Å². The fraction of sp³-hybridized carbons (Fsp3) is 0. The van der Waals surface area contributed by atoms with Crippen LogP contribution in [0.3, 0.4) is 0 Å². The molecule has 10 N–H and O–H groups in total. The summed E-state index contributed by atoms with van der Waals surface area (Å²) in [5, 5.41) is 18.3. The molecule has 20 nitrogen and oxygen atoms in total. The van der Waals surface area contributed by atoms with E-state index in [1.807, 2.05) is 0 Å². The van der Waals surface area contributed by atoms with Gasteiger partial charge in [-0.3, -0.25) is 34.1 Å². The third-order valence-electron chi connectivity index (χ3n) is 7.88. The summed E-state index contributed by atoms with van der Waals surface area (Å²) in [6.45, 7) is 0. The van der Waals surface area contributed by atoms with Crippen molar-refractivity contribution in [1.82, 2.24) is 0 Å². The molecule has 0 saturated heterocycles. The maximum absolute atomic E-state index is 13.7. The molecule has 2 aliphatic rings. The van der Waals surface area contributed by atoms with Gasteiger partial charge in [0.2, 0.25) is 11.6 Å². The number of benzene rings is 4. The zero-order valence-electron chi connectivity index (χ0n) is 28.6. The third kappa shape index (κ3) is 8.99. The summed E-state index contributed by atoms with van der Waals surface area (Å²) in [5.74, 6) is -1.59. The molecule has 0 amide bonds. The molecular weight excluding hydrogens is 807 g/mol. The monoisotopic (exact) mass is 833 g/mol. The van der Waals surface area contributed by atoms with Crippen LogP contribution in [0.2, 0.25) is 0 Å². The SMILES string of the molecule is NC1=CC(=O)C(=NNc2ccc(Nc3ccc(N=Nc4c(S(=O)(=O)O)cc5c(c4N)C(=O)C(=NNc4ccccc4)C(S(=O)(=O)O)=C5)cc3S(=O)(=O)O)cc2)C=C1. The number of nitrogens with zero attached hydrogens (tertiary/aromatic N) is 4. The summed E-state index contributed by atoms with van der Waals surface area (Å²) in [6, 6.07) is 18.1. The zero-order chi connectivity index (χ0) is 41.3. The van der Waals surface area contributed by atoms with E-state index in [9.17, 15) is 48.5 Å². The number of rotatable bonds is 11. The Bertz CT molecular complexity index is 2890. The van der Waals surface area contributed by atoms with Crippen molar-refractivity contribution in [2.75, 3.05) is 21.9 Å².